The van der Waals surface area contributed by atoms with Gasteiger partial charge >= 0.3 is 5.97 Å². The summed E-state index contributed by atoms with van der Waals surface area (Å²) >= 11 is 0. The van der Waals surface area contributed by atoms with Crippen LogP contribution in [0.1, 0.15) is 19.3 Å². The highest BCUT2D eigenvalue weighted by atomic mass is 16.5. The SMILES string of the molecule is COCCCCCNC(COC)C(=O)O. The number of carbonyl (C=O) groups is 1. The van der Waals surface area contributed by atoms with E-state index in [-0.39, 0.29) is 6.61 Å². The zero-order valence-electron chi connectivity index (χ0n) is 9.49. The normalized spacial score (nSPS) is 12.7. The fourth-order valence-corrected chi connectivity index (χ4v) is 1.21. The third-order valence-electron chi connectivity index (χ3n) is 2.05. The molecule has 0 fully saturated rings. The van der Waals surface area contributed by atoms with Gasteiger partial charge in [0.05, 0.1) is 6.61 Å². The number of ether oxygens (including phenoxy) is 2. The molecule has 0 aromatic rings. The van der Waals surface area contributed by atoms with E-state index in [0.717, 1.165) is 25.9 Å². The maximum atomic E-state index is 10.7. The minimum atomic E-state index is -0.867. The highest BCUT2D eigenvalue weighted by molar-refractivity contribution is 5.73. The van der Waals surface area contributed by atoms with Crippen LogP contribution in [0.5, 0.6) is 0 Å². The molecule has 0 spiro atoms. The summed E-state index contributed by atoms with van der Waals surface area (Å²) < 4.78 is 9.71. The Hall–Kier alpha value is -0.650. The molecule has 0 aliphatic carbocycles. The second kappa shape index (κ2) is 9.89. The van der Waals surface area contributed by atoms with E-state index in [0.29, 0.717) is 6.54 Å². The lowest BCUT2D eigenvalue weighted by Gasteiger charge is -2.12. The van der Waals surface area contributed by atoms with Crippen molar-refractivity contribution in [2.24, 2.45) is 0 Å². The van der Waals surface area contributed by atoms with Gasteiger partial charge in [-0.1, -0.05) is 0 Å². The molecule has 0 aromatic carbocycles. The number of aliphatic carboxylic acids is 1. The molecular weight excluding hydrogens is 198 g/mol. The van der Waals surface area contributed by atoms with E-state index in [1.54, 1.807) is 7.11 Å². The zero-order chi connectivity index (χ0) is 11.5. The van der Waals surface area contributed by atoms with E-state index in [9.17, 15) is 4.79 Å². The van der Waals surface area contributed by atoms with Gasteiger partial charge in [0.15, 0.2) is 0 Å². The van der Waals surface area contributed by atoms with Gasteiger partial charge in [0.25, 0.3) is 0 Å². The van der Waals surface area contributed by atoms with Crippen molar-refractivity contribution in [2.45, 2.75) is 25.3 Å². The number of hydrogen-bond donors (Lipinski definition) is 2. The smallest absolute Gasteiger partial charge is 0.323 e. The van der Waals surface area contributed by atoms with Crippen molar-refractivity contribution in [1.82, 2.24) is 5.32 Å². The molecule has 0 rings (SSSR count). The maximum Gasteiger partial charge on any atom is 0.323 e. The minimum absolute atomic E-state index is 0.202. The van der Waals surface area contributed by atoms with E-state index >= 15 is 0 Å². The Kier molecular flexibility index (Phi) is 9.46. The quantitative estimate of drug-likeness (QED) is 0.523. The van der Waals surface area contributed by atoms with Crippen molar-refractivity contribution in [2.75, 3.05) is 34.0 Å². The largest absolute Gasteiger partial charge is 0.480 e. The van der Waals surface area contributed by atoms with Crippen molar-refractivity contribution in [3.05, 3.63) is 0 Å². The summed E-state index contributed by atoms with van der Waals surface area (Å²) in [5.74, 6) is -0.867. The summed E-state index contributed by atoms with van der Waals surface area (Å²) in [5.41, 5.74) is 0. The summed E-state index contributed by atoms with van der Waals surface area (Å²) in [5, 5.41) is 11.7. The topological polar surface area (TPSA) is 67.8 Å². The molecule has 90 valence electrons. The number of hydrogen-bond acceptors (Lipinski definition) is 4. The molecule has 15 heavy (non-hydrogen) atoms. The van der Waals surface area contributed by atoms with E-state index in [4.69, 9.17) is 14.6 Å². The van der Waals surface area contributed by atoms with E-state index < -0.39 is 12.0 Å². The van der Waals surface area contributed by atoms with Crippen molar-refractivity contribution in [1.29, 1.82) is 0 Å². The second-order valence-electron chi connectivity index (χ2n) is 3.35. The lowest BCUT2D eigenvalue weighted by Crippen LogP contribution is -2.40. The van der Waals surface area contributed by atoms with Gasteiger partial charge in [0.1, 0.15) is 6.04 Å². The Labute approximate surface area is 90.8 Å². The highest BCUT2D eigenvalue weighted by Gasteiger charge is 2.15. The molecule has 0 aliphatic rings. The third-order valence-corrected chi connectivity index (χ3v) is 2.05. The Morgan fingerprint density at radius 2 is 2.00 bits per heavy atom. The molecule has 2 N–H and O–H groups in total. The summed E-state index contributed by atoms with van der Waals surface area (Å²) in [4.78, 5) is 10.7. The monoisotopic (exact) mass is 219 g/mol. The predicted molar refractivity (Wildman–Crippen MR) is 57.0 cm³/mol. The number of nitrogens with one attached hydrogen (secondary N) is 1. The summed E-state index contributed by atoms with van der Waals surface area (Å²) in [6.45, 7) is 1.66. The van der Waals surface area contributed by atoms with Gasteiger partial charge in [0, 0.05) is 20.8 Å². The van der Waals surface area contributed by atoms with Crippen molar-refractivity contribution < 1.29 is 19.4 Å². The first-order valence-corrected chi connectivity index (χ1v) is 5.16. The van der Waals surface area contributed by atoms with Crippen LogP contribution in [0.4, 0.5) is 0 Å². The molecule has 1 unspecified atom stereocenters. The summed E-state index contributed by atoms with van der Waals surface area (Å²) in [7, 11) is 3.17. The zero-order valence-corrected chi connectivity index (χ0v) is 9.49. The molecule has 0 amide bonds. The first-order valence-electron chi connectivity index (χ1n) is 5.16. The van der Waals surface area contributed by atoms with E-state index in [1.165, 1.54) is 7.11 Å². The van der Waals surface area contributed by atoms with Gasteiger partial charge in [0.2, 0.25) is 0 Å². The average molecular weight is 219 g/mol. The third kappa shape index (κ3) is 8.35. The molecule has 0 saturated carbocycles. The molecule has 1 atom stereocenters. The fraction of sp³-hybridized carbons (Fsp3) is 0.900. The van der Waals surface area contributed by atoms with Gasteiger partial charge in [-0.05, 0) is 25.8 Å². The highest BCUT2D eigenvalue weighted by Crippen LogP contribution is 1.95. The molecule has 0 radical (unpaired) electrons. The molecule has 0 aliphatic heterocycles. The van der Waals surface area contributed by atoms with Crippen molar-refractivity contribution >= 4 is 5.97 Å². The molecular formula is C10H21NO4. The standard InChI is InChI=1S/C10H21NO4/c1-14-7-5-3-4-6-11-9(8-15-2)10(12)13/h9,11H,3-8H2,1-2H3,(H,12,13). The number of methoxy groups -OCH3 is 2. The number of carboxylic acid groups (broad SMARTS) is 1. The van der Waals surface area contributed by atoms with Crippen LogP contribution in [0, 0.1) is 0 Å². The first kappa shape index (κ1) is 14.3. The minimum Gasteiger partial charge on any atom is -0.480 e. The number of rotatable bonds is 10. The van der Waals surface area contributed by atoms with Crippen molar-refractivity contribution in [3.63, 3.8) is 0 Å². The van der Waals surface area contributed by atoms with Crippen LogP contribution in [-0.4, -0.2) is 51.1 Å². The maximum absolute atomic E-state index is 10.7. The second-order valence-corrected chi connectivity index (χ2v) is 3.35. The predicted octanol–water partition coefficient (Wildman–Crippen LogP) is 0.492. The van der Waals surface area contributed by atoms with Gasteiger partial charge in [-0.15, -0.1) is 0 Å². The lowest BCUT2D eigenvalue weighted by molar-refractivity contribution is -0.140. The number of carboxylic acids is 1. The van der Waals surface area contributed by atoms with E-state index in [1.807, 2.05) is 0 Å². The van der Waals surface area contributed by atoms with Gasteiger partial charge in [-0.2, -0.15) is 0 Å². The van der Waals surface area contributed by atoms with Crippen LogP contribution in [-0.2, 0) is 14.3 Å². The Morgan fingerprint density at radius 3 is 2.53 bits per heavy atom. The van der Waals surface area contributed by atoms with Crippen LogP contribution < -0.4 is 5.32 Å². The lowest BCUT2D eigenvalue weighted by atomic mass is 10.2. The number of unbranched alkanes of at least 4 members (excludes halogenated alkanes) is 2. The van der Waals surface area contributed by atoms with E-state index in [2.05, 4.69) is 5.32 Å². The van der Waals surface area contributed by atoms with Crippen LogP contribution in [0.25, 0.3) is 0 Å². The van der Waals surface area contributed by atoms with Crippen LogP contribution in [0.3, 0.4) is 0 Å². The molecule has 5 nitrogen and oxygen atoms in total. The van der Waals surface area contributed by atoms with Gasteiger partial charge < -0.3 is 19.9 Å². The van der Waals surface area contributed by atoms with Crippen molar-refractivity contribution in [3.8, 4) is 0 Å². The molecule has 0 heterocycles. The summed E-state index contributed by atoms with van der Waals surface area (Å²) in [6.07, 6.45) is 3.01. The Bertz CT molecular complexity index is 164. The average Bonchev–Trinajstić information content (AvgIpc) is 2.21. The Morgan fingerprint density at radius 1 is 1.27 bits per heavy atom. The first-order chi connectivity index (χ1) is 7.22. The summed E-state index contributed by atoms with van der Waals surface area (Å²) in [6, 6.07) is -0.600. The fourth-order valence-electron chi connectivity index (χ4n) is 1.21. The Balaban J connectivity index is 3.41. The van der Waals surface area contributed by atoms with Crippen LogP contribution >= 0.6 is 0 Å². The van der Waals surface area contributed by atoms with Gasteiger partial charge in [-0.3, -0.25) is 4.79 Å². The molecule has 0 saturated heterocycles. The molecule has 0 bridgehead atoms. The molecule has 0 aromatic heterocycles. The van der Waals surface area contributed by atoms with Crippen LogP contribution in [0.15, 0.2) is 0 Å². The molecule has 5 heteroatoms. The van der Waals surface area contributed by atoms with Gasteiger partial charge in [-0.25, -0.2) is 0 Å². The van der Waals surface area contributed by atoms with Crippen LogP contribution in [0.2, 0.25) is 0 Å².